The summed E-state index contributed by atoms with van der Waals surface area (Å²) in [6.07, 6.45) is 5.17. The highest BCUT2D eigenvalue weighted by Gasteiger charge is 2.13. The Balaban J connectivity index is 1.95. The van der Waals surface area contributed by atoms with Gasteiger partial charge in [-0.15, -0.1) is 0 Å². The summed E-state index contributed by atoms with van der Waals surface area (Å²) in [7, 11) is 0. The average molecular weight is 241 g/mol. The molecule has 1 amide bonds. The Bertz CT molecular complexity index is 247. The summed E-state index contributed by atoms with van der Waals surface area (Å²) in [5.41, 5.74) is 0. The van der Waals surface area contributed by atoms with Gasteiger partial charge in [0.15, 0.2) is 0 Å². The molecule has 0 saturated carbocycles. The molecule has 17 heavy (non-hydrogen) atoms. The first-order valence-electron chi connectivity index (χ1n) is 6.52. The summed E-state index contributed by atoms with van der Waals surface area (Å²) < 4.78 is 5.30. The van der Waals surface area contributed by atoms with Gasteiger partial charge in [0.25, 0.3) is 0 Å². The van der Waals surface area contributed by atoms with Crippen molar-refractivity contribution in [1.29, 1.82) is 0 Å². The van der Waals surface area contributed by atoms with Crippen LogP contribution in [0.4, 0.5) is 0 Å². The number of ether oxygens (including phenoxy) is 1. The lowest BCUT2D eigenvalue weighted by molar-refractivity contribution is -0.124. The molecule has 0 bridgehead atoms. The number of carbonyl (C=O) groups is 2. The Hall–Kier alpha value is -0.900. The second kappa shape index (κ2) is 8.23. The number of nitrogens with one attached hydrogen (secondary N) is 1. The van der Waals surface area contributed by atoms with Gasteiger partial charge < -0.3 is 14.8 Å². The van der Waals surface area contributed by atoms with E-state index >= 15 is 0 Å². The van der Waals surface area contributed by atoms with Crippen LogP contribution in [0.5, 0.6) is 0 Å². The molecule has 1 N–H and O–H groups in total. The summed E-state index contributed by atoms with van der Waals surface area (Å²) in [6.45, 7) is 4.01. The fourth-order valence-corrected chi connectivity index (χ4v) is 2.03. The summed E-state index contributed by atoms with van der Waals surface area (Å²) in [6, 6.07) is 0. The lowest BCUT2D eigenvalue weighted by Crippen LogP contribution is -2.25. The summed E-state index contributed by atoms with van der Waals surface area (Å²) in [5.74, 6) is 0.826. The van der Waals surface area contributed by atoms with Gasteiger partial charge in [-0.05, 0) is 38.5 Å². The zero-order valence-corrected chi connectivity index (χ0v) is 10.7. The van der Waals surface area contributed by atoms with Crippen LogP contribution in [0.2, 0.25) is 0 Å². The van der Waals surface area contributed by atoms with Crippen molar-refractivity contribution in [2.45, 2.75) is 45.4 Å². The van der Waals surface area contributed by atoms with Gasteiger partial charge >= 0.3 is 0 Å². The third kappa shape index (κ3) is 7.10. The molecule has 0 atom stereocenters. The van der Waals surface area contributed by atoms with Crippen molar-refractivity contribution in [1.82, 2.24) is 5.32 Å². The smallest absolute Gasteiger partial charge is 0.220 e. The van der Waals surface area contributed by atoms with E-state index in [2.05, 4.69) is 5.32 Å². The van der Waals surface area contributed by atoms with E-state index < -0.39 is 0 Å². The SMILES string of the molecule is CC(=O)CCC(=O)NCCCC1CCOCC1. The minimum Gasteiger partial charge on any atom is -0.381 e. The molecular formula is C13H23NO3. The van der Waals surface area contributed by atoms with Crippen LogP contribution in [0.25, 0.3) is 0 Å². The second-order valence-electron chi connectivity index (χ2n) is 4.75. The molecule has 0 aromatic rings. The number of rotatable bonds is 7. The van der Waals surface area contributed by atoms with Crippen molar-refractivity contribution >= 4 is 11.7 Å². The van der Waals surface area contributed by atoms with E-state index in [9.17, 15) is 9.59 Å². The van der Waals surface area contributed by atoms with E-state index in [1.54, 1.807) is 0 Å². The molecule has 4 heteroatoms. The van der Waals surface area contributed by atoms with E-state index in [-0.39, 0.29) is 11.7 Å². The van der Waals surface area contributed by atoms with Crippen LogP contribution in [-0.2, 0) is 14.3 Å². The summed E-state index contributed by atoms with van der Waals surface area (Å²) in [4.78, 5) is 22.0. The molecule has 0 aliphatic carbocycles. The zero-order valence-electron chi connectivity index (χ0n) is 10.7. The van der Waals surface area contributed by atoms with Crippen molar-refractivity contribution in [2.24, 2.45) is 5.92 Å². The van der Waals surface area contributed by atoms with Crippen molar-refractivity contribution in [3.05, 3.63) is 0 Å². The van der Waals surface area contributed by atoms with Crippen LogP contribution in [-0.4, -0.2) is 31.4 Å². The Morgan fingerprint density at radius 3 is 2.59 bits per heavy atom. The van der Waals surface area contributed by atoms with E-state index in [1.807, 2.05) is 0 Å². The minimum atomic E-state index is -0.00724. The number of hydrogen-bond acceptors (Lipinski definition) is 3. The van der Waals surface area contributed by atoms with Crippen LogP contribution < -0.4 is 5.32 Å². The largest absolute Gasteiger partial charge is 0.381 e. The van der Waals surface area contributed by atoms with Gasteiger partial charge in [0.2, 0.25) is 5.91 Å². The monoisotopic (exact) mass is 241 g/mol. The van der Waals surface area contributed by atoms with E-state index in [1.165, 1.54) is 6.92 Å². The Kier molecular flexibility index (Phi) is 6.86. The van der Waals surface area contributed by atoms with Crippen molar-refractivity contribution < 1.29 is 14.3 Å². The van der Waals surface area contributed by atoms with E-state index in [0.717, 1.165) is 51.4 Å². The molecule has 0 radical (unpaired) electrons. The summed E-state index contributed by atoms with van der Waals surface area (Å²) >= 11 is 0. The second-order valence-corrected chi connectivity index (χ2v) is 4.75. The van der Waals surface area contributed by atoms with Gasteiger partial charge in [0.05, 0.1) is 0 Å². The van der Waals surface area contributed by atoms with E-state index in [0.29, 0.717) is 12.8 Å². The molecule has 0 aromatic heterocycles. The fourth-order valence-electron chi connectivity index (χ4n) is 2.03. The van der Waals surface area contributed by atoms with Crippen LogP contribution in [0.15, 0.2) is 0 Å². The van der Waals surface area contributed by atoms with Crippen LogP contribution >= 0.6 is 0 Å². The fraction of sp³-hybridized carbons (Fsp3) is 0.846. The predicted octanol–water partition coefficient (Wildman–Crippen LogP) is 1.68. The molecule has 0 aromatic carbocycles. The standard InChI is InChI=1S/C13H23NO3/c1-11(15)4-5-13(16)14-8-2-3-12-6-9-17-10-7-12/h12H,2-10H2,1H3,(H,14,16). The van der Waals surface area contributed by atoms with Crippen molar-refractivity contribution in [3.63, 3.8) is 0 Å². The highest BCUT2D eigenvalue weighted by atomic mass is 16.5. The minimum absolute atomic E-state index is 0.00724. The van der Waals surface area contributed by atoms with Crippen molar-refractivity contribution in [2.75, 3.05) is 19.8 Å². The maximum absolute atomic E-state index is 11.3. The first kappa shape index (κ1) is 14.2. The third-order valence-electron chi connectivity index (χ3n) is 3.16. The molecule has 1 aliphatic rings. The number of Topliss-reactive ketones (excluding diaryl/α,β-unsaturated/α-hetero) is 1. The highest BCUT2D eigenvalue weighted by molar-refractivity contribution is 5.83. The average Bonchev–Trinajstić information content (AvgIpc) is 2.33. The van der Waals surface area contributed by atoms with Gasteiger partial charge in [0, 0.05) is 32.6 Å². The molecule has 1 heterocycles. The van der Waals surface area contributed by atoms with Crippen LogP contribution in [0.1, 0.15) is 45.4 Å². The molecule has 98 valence electrons. The maximum atomic E-state index is 11.3. The molecule has 0 unspecified atom stereocenters. The molecule has 1 saturated heterocycles. The lowest BCUT2D eigenvalue weighted by Gasteiger charge is -2.21. The highest BCUT2D eigenvalue weighted by Crippen LogP contribution is 2.19. The van der Waals surface area contributed by atoms with Gasteiger partial charge in [-0.2, -0.15) is 0 Å². The predicted molar refractivity (Wildman–Crippen MR) is 65.7 cm³/mol. The molecule has 1 aliphatic heterocycles. The number of ketones is 1. The van der Waals surface area contributed by atoms with Gasteiger partial charge in [-0.1, -0.05) is 0 Å². The molecule has 1 fully saturated rings. The van der Waals surface area contributed by atoms with Gasteiger partial charge in [-0.25, -0.2) is 0 Å². The van der Waals surface area contributed by atoms with E-state index in [4.69, 9.17) is 4.74 Å². The Morgan fingerprint density at radius 1 is 1.24 bits per heavy atom. The molecular weight excluding hydrogens is 218 g/mol. The van der Waals surface area contributed by atoms with Gasteiger partial charge in [-0.3, -0.25) is 4.79 Å². The number of amides is 1. The molecule has 0 spiro atoms. The van der Waals surface area contributed by atoms with Crippen LogP contribution in [0.3, 0.4) is 0 Å². The Labute approximate surface area is 103 Å². The third-order valence-corrected chi connectivity index (χ3v) is 3.16. The number of hydrogen-bond donors (Lipinski definition) is 1. The first-order chi connectivity index (χ1) is 8.18. The zero-order chi connectivity index (χ0) is 12.5. The maximum Gasteiger partial charge on any atom is 0.220 e. The van der Waals surface area contributed by atoms with Crippen LogP contribution in [0, 0.1) is 5.92 Å². The van der Waals surface area contributed by atoms with Gasteiger partial charge in [0.1, 0.15) is 5.78 Å². The quantitative estimate of drug-likeness (QED) is 0.690. The molecule has 4 nitrogen and oxygen atoms in total. The first-order valence-corrected chi connectivity index (χ1v) is 6.52. The van der Waals surface area contributed by atoms with Crippen molar-refractivity contribution in [3.8, 4) is 0 Å². The summed E-state index contributed by atoms with van der Waals surface area (Å²) in [5, 5.41) is 2.86. The lowest BCUT2D eigenvalue weighted by atomic mass is 9.95. The topological polar surface area (TPSA) is 55.4 Å². The Morgan fingerprint density at radius 2 is 1.94 bits per heavy atom. The normalized spacial score (nSPS) is 16.8. The number of carbonyl (C=O) groups excluding carboxylic acids is 2. The molecule has 1 rings (SSSR count).